The molecule has 0 bridgehead atoms. The zero-order chi connectivity index (χ0) is 19.5. The van der Waals surface area contributed by atoms with Gasteiger partial charge in [-0.3, -0.25) is 20.3 Å². The van der Waals surface area contributed by atoms with Crippen LogP contribution in [0.3, 0.4) is 0 Å². The molecule has 0 unspecified atom stereocenters. The van der Waals surface area contributed by atoms with Crippen molar-refractivity contribution in [1.29, 1.82) is 5.41 Å². The summed E-state index contributed by atoms with van der Waals surface area (Å²) >= 11 is 0. The number of benzene rings is 2. The normalized spacial score (nSPS) is 10.8. The topological polar surface area (TPSA) is 139 Å². The molecule has 1 amide bonds. The fraction of sp³-hybridized carbons (Fsp3) is 0.118. The van der Waals surface area contributed by atoms with Gasteiger partial charge in [-0.05, 0) is 49.4 Å². The average Bonchev–Trinajstić information content (AvgIpc) is 2.54. The number of Topliss-reactive ketones (excluding diaryl/α,β-unsaturated/α-hetero) is 1. The summed E-state index contributed by atoms with van der Waals surface area (Å²) in [5, 5.41) is 9.15. The van der Waals surface area contributed by atoms with Gasteiger partial charge in [0.15, 0.2) is 21.6 Å². The van der Waals surface area contributed by atoms with Crippen LogP contribution < -0.4 is 15.8 Å². The Labute approximate surface area is 150 Å². The van der Waals surface area contributed by atoms with Gasteiger partial charge in [-0.2, -0.15) is 0 Å². The summed E-state index contributed by atoms with van der Waals surface area (Å²) in [5.74, 6) is -1.00. The maximum Gasteiger partial charge on any atom is 0.257 e. The SMILES string of the molecule is CC(=O)c1ccc(Oc2ccc(C(=O)NC(=N)N)cc2S(C)(=O)=O)cc1. The summed E-state index contributed by atoms with van der Waals surface area (Å²) in [6.45, 7) is 1.43. The van der Waals surface area contributed by atoms with Crippen LogP contribution in [0, 0.1) is 5.41 Å². The second-order valence-corrected chi connectivity index (χ2v) is 7.47. The van der Waals surface area contributed by atoms with Crippen LogP contribution in [0.4, 0.5) is 0 Å². The number of amides is 1. The number of hydrogen-bond acceptors (Lipinski definition) is 6. The lowest BCUT2D eigenvalue weighted by molar-refractivity contribution is 0.0974. The number of ketones is 1. The van der Waals surface area contributed by atoms with E-state index in [4.69, 9.17) is 15.9 Å². The molecule has 26 heavy (non-hydrogen) atoms. The third-order valence-electron chi connectivity index (χ3n) is 3.34. The van der Waals surface area contributed by atoms with Gasteiger partial charge in [0.25, 0.3) is 5.91 Å². The number of guanidine groups is 1. The number of nitrogens with two attached hydrogens (primary N) is 1. The van der Waals surface area contributed by atoms with E-state index in [-0.39, 0.29) is 22.0 Å². The zero-order valence-electron chi connectivity index (χ0n) is 14.1. The minimum Gasteiger partial charge on any atom is -0.456 e. The molecule has 2 rings (SSSR count). The third-order valence-corrected chi connectivity index (χ3v) is 4.46. The van der Waals surface area contributed by atoms with E-state index in [9.17, 15) is 18.0 Å². The van der Waals surface area contributed by atoms with Crippen molar-refractivity contribution in [2.75, 3.05) is 6.26 Å². The number of sulfone groups is 1. The Hall–Kier alpha value is -3.20. The summed E-state index contributed by atoms with van der Waals surface area (Å²) in [6, 6.07) is 10.0. The van der Waals surface area contributed by atoms with Crippen molar-refractivity contribution in [1.82, 2.24) is 5.32 Å². The maximum atomic E-state index is 12.1. The molecule has 9 heteroatoms. The van der Waals surface area contributed by atoms with Gasteiger partial charge in [-0.1, -0.05) is 0 Å². The quantitative estimate of drug-likeness (QED) is 0.413. The van der Waals surface area contributed by atoms with E-state index in [0.717, 1.165) is 12.3 Å². The Morgan fingerprint density at radius 2 is 1.65 bits per heavy atom. The van der Waals surface area contributed by atoms with Crippen LogP contribution in [0.1, 0.15) is 27.6 Å². The van der Waals surface area contributed by atoms with E-state index in [1.807, 2.05) is 0 Å². The van der Waals surface area contributed by atoms with Crippen molar-refractivity contribution in [3.63, 3.8) is 0 Å². The molecule has 0 fully saturated rings. The van der Waals surface area contributed by atoms with Crippen LogP contribution in [0.2, 0.25) is 0 Å². The minimum absolute atomic E-state index is 0.0138. The molecule has 0 aromatic heterocycles. The summed E-state index contributed by atoms with van der Waals surface area (Å²) < 4.78 is 29.7. The number of carbonyl (C=O) groups excluding carboxylic acids is 2. The summed E-state index contributed by atoms with van der Waals surface area (Å²) in [4.78, 5) is 23.0. The Morgan fingerprint density at radius 3 is 2.15 bits per heavy atom. The van der Waals surface area contributed by atoms with Crippen molar-refractivity contribution in [3.8, 4) is 11.5 Å². The molecule has 0 atom stereocenters. The van der Waals surface area contributed by atoms with Gasteiger partial charge in [0.1, 0.15) is 16.4 Å². The van der Waals surface area contributed by atoms with Crippen LogP contribution >= 0.6 is 0 Å². The van der Waals surface area contributed by atoms with Crippen molar-refractivity contribution in [3.05, 3.63) is 53.6 Å². The number of ether oxygens (including phenoxy) is 1. The molecule has 0 radical (unpaired) electrons. The van der Waals surface area contributed by atoms with Crippen LogP contribution in [0.25, 0.3) is 0 Å². The van der Waals surface area contributed by atoms with Gasteiger partial charge >= 0.3 is 0 Å². The molecule has 8 nitrogen and oxygen atoms in total. The van der Waals surface area contributed by atoms with Gasteiger partial charge in [0, 0.05) is 17.4 Å². The second-order valence-electron chi connectivity index (χ2n) is 5.48. The molecule has 4 N–H and O–H groups in total. The van der Waals surface area contributed by atoms with Gasteiger partial charge < -0.3 is 10.5 Å². The smallest absolute Gasteiger partial charge is 0.257 e. The Kier molecular flexibility index (Phi) is 5.41. The van der Waals surface area contributed by atoms with E-state index < -0.39 is 21.7 Å². The van der Waals surface area contributed by atoms with Crippen molar-refractivity contribution in [2.45, 2.75) is 11.8 Å². The molecule has 136 valence electrons. The van der Waals surface area contributed by atoms with Gasteiger partial charge in [-0.25, -0.2) is 8.42 Å². The molecular formula is C17H17N3O5S. The van der Waals surface area contributed by atoms with Gasteiger partial charge in [0.2, 0.25) is 0 Å². The molecule has 0 aliphatic rings. The molecule has 0 saturated heterocycles. The van der Waals surface area contributed by atoms with E-state index in [1.54, 1.807) is 24.3 Å². The molecular weight excluding hydrogens is 358 g/mol. The monoisotopic (exact) mass is 375 g/mol. The second kappa shape index (κ2) is 7.36. The van der Waals surface area contributed by atoms with E-state index in [0.29, 0.717) is 11.3 Å². The predicted octanol–water partition coefficient (Wildman–Crippen LogP) is 1.71. The minimum atomic E-state index is -3.70. The number of carbonyl (C=O) groups is 2. The predicted molar refractivity (Wildman–Crippen MR) is 95.5 cm³/mol. The standard InChI is InChI=1S/C17H17N3O5S/c1-10(21)11-3-6-13(7-4-11)25-14-8-5-12(16(22)20-17(18)19)9-15(14)26(2,23)24/h3-9H,1-2H3,(H4,18,19,20,22). The van der Waals surface area contributed by atoms with E-state index >= 15 is 0 Å². The van der Waals surface area contributed by atoms with Crippen LogP contribution in [-0.2, 0) is 9.84 Å². The summed E-state index contributed by atoms with van der Waals surface area (Å²) in [6.07, 6.45) is 0.987. The molecule has 2 aromatic rings. The molecule has 0 saturated carbocycles. The van der Waals surface area contributed by atoms with E-state index in [1.165, 1.54) is 19.1 Å². The fourth-order valence-electron chi connectivity index (χ4n) is 2.10. The Balaban J connectivity index is 2.40. The maximum absolute atomic E-state index is 12.1. The first-order valence-electron chi connectivity index (χ1n) is 7.36. The van der Waals surface area contributed by atoms with Crippen molar-refractivity contribution in [2.24, 2.45) is 5.73 Å². The van der Waals surface area contributed by atoms with Gasteiger partial charge in [-0.15, -0.1) is 0 Å². The van der Waals surface area contributed by atoms with Crippen LogP contribution in [0.5, 0.6) is 11.5 Å². The highest BCUT2D eigenvalue weighted by atomic mass is 32.2. The summed E-state index contributed by atoms with van der Waals surface area (Å²) in [7, 11) is -3.70. The molecule has 0 heterocycles. The first kappa shape index (κ1) is 19.1. The van der Waals surface area contributed by atoms with Crippen LogP contribution in [0.15, 0.2) is 47.4 Å². The third kappa shape index (κ3) is 4.67. The fourth-order valence-corrected chi connectivity index (χ4v) is 2.92. The largest absolute Gasteiger partial charge is 0.456 e. The molecule has 0 aliphatic heterocycles. The number of hydrogen-bond donors (Lipinski definition) is 3. The zero-order valence-corrected chi connectivity index (χ0v) is 14.9. The average molecular weight is 375 g/mol. The highest BCUT2D eigenvalue weighted by Gasteiger charge is 2.19. The first-order chi connectivity index (χ1) is 12.1. The van der Waals surface area contributed by atoms with Crippen molar-refractivity contribution >= 4 is 27.5 Å². The van der Waals surface area contributed by atoms with Crippen LogP contribution in [-0.4, -0.2) is 32.3 Å². The highest BCUT2D eigenvalue weighted by Crippen LogP contribution is 2.30. The number of rotatable bonds is 5. The molecule has 0 spiro atoms. The molecule has 2 aromatic carbocycles. The Bertz CT molecular complexity index is 982. The number of nitrogens with one attached hydrogen (secondary N) is 2. The lowest BCUT2D eigenvalue weighted by atomic mass is 10.1. The van der Waals surface area contributed by atoms with E-state index in [2.05, 4.69) is 5.32 Å². The lowest BCUT2D eigenvalue weighted by Gasteiger charge is -2.12. The Morgan fingerprint density at radius 1 is 1.08 bits per heavy atom. The van der Waals surface area contributed by atoms with Gasteiger partial charge in [0.05, 0.1) is 0 Å². The summed E-state index contributed by atoms with van der Waals surface area (Å²) in [5.41, 5.74) is 5.62. The van der Waals surface area contributed by atoms with Crippen molar-refractivity contribution < 1.29 is 22.7 Å². The highest BCUT2D eigenvalue weighted by molar-refractivity contribution is 7.90. The molecule has 0 aliphatic carbocycles. The lowest BCUT2D eigenvalue weighted by Crippen LogP contribution is -2.35. The first-order valence-corrected chi connectivity index (χ1v) is 9.25.